The first-order valence-electron chi connectivity index (χ1n) is 7.82. The maximum Gasteiger partial charge on any atom is 0.219 e. The van der Waals surface area contributed by atoms with Crippen LogP contribution in [0.15, 0.2) is 30.3 Å². The zero-order valence-electron chi connectivity index (χ0n) is 12.8. The number of amides is 1. The normalized spacial score (nSPS) is 22.3. The summed E-state index contributed by atoms with van der Waals surface area (Å²) in [5, 5.41) is 12.6. The van der Waals surface area contributed by atoms with Gasteiger partial charge in [-0.15, -0.1) is 0 Å². The highest BCUT2D eigenvalue weighted by molar-refractivity contribution is 5.73. The summed E-state index contributed by atoms with van der Waals surface area (Å²) >= 11 is 0. The molecule has 1 fully saturated rings. The first kappa shape index (κ1) is 16.0. The minimum atomic E-state index is 0.148. The number of rotatable bonds is 6. The van der Waals surface area contributed by atoms with Crippen LogP contribution in [-0.4, -0.2) is 41.7 Å². The summed E-state index contributed by atoms with van der Waals surface area (Å²) in [6.45, 7) is 4.34. The molecule has 1 heterocycles. The summed E-state index contributed by atoms with van der Waals surface area (Å²) in [5.41, 5.74) is 1.27. The van der Waals surface area contributed by atoms with E-state index >= 15 is 0 Å². The molecular formula is C17H26N2O2. The quantitative estimate of drug-likeness (QED) is 0.840. The van der Waals surface area contributed by atoms with Gasteiger partial charge in [0.25, 0.3) is 0 Å². The van der Waals surface area contributed by atoms with Crippen molar-refractivity contribution in [3.63, 3.8) is 0 Å². The molecule has 2 rings (SSSR count). The van der Waals surface area contributed by atoms with Crippen LogP contribution in [0, 0.1) is 5.92 Å². The lowest BCUT2D eigenvalue weighted by atomic mass is 9.90. The number of nitrogens with one attached hydrogen (secondary N) is 1. The second-order valence-corrected chi connectivity index (χ2v) is 5.95. The first-order chi connectivity index (χ1) is 10.2. The van der Waals surface area contributed by atoms with Gasteiger partial charge in [-0.1, -0.05) is 30.3 Å². The Morgan fingerprint density at radius 3 is 2.76 bits per heavy atom. The molecule has 1 aliphatic heterocycles. The van der Waals surface area contributed by atoms with E-state index in [1.807, 2.05) is 23.1 Å². The van der Waals surface area contributed by atoms with Gasteiger partial charge in [0, 0.05) is 39.2 Å². The van der Waals surface area contributed by atoms with Crippen LogP contribution in [0.2, 0.25) is 0 Å². The van der Waals surface area contributed by atoms with Crippen LogP contribution in [0.4, 0.5) is 0 Å². The van der Waals surface area contributed by atoms with Crippen LogP contribution >= 0.6 is 0 Å². The molecule has 4 heteroatoms. The van der Waals surface area contributed by atoms with Crippen molar-refractivity contribution in [1.29, 1.82) is 0 Å². The van der Waals surface area contributed by atoms with Crippen molar-refractivity contribution in [1.82, 2.24) is 10.2 Å². The number of carbonyl (C=O) groups excluding carboxylic acids is 1. The number of benzene rings is 1. The van der Waals surface area contributed by atoms with Gasteiger partial charge in [-0.3, -0.25) is 4.79 Å². The van der Waals surface area contributed by atoms with Crippen molar-refractivity contribution < 1.29 is 9.90 Å². The maximum atomic E-state index is 11.7. The Morgan fingerprint density at radius 1 is 1.33 bits per heavy atom. The zero-order chi connectivity index (χ0) is 15.1. The summed E-state index contributed by atoms with van der Waals surface area (Å²) in [4.78, 5) is 13.6. The fourth-order valence-electron chi connectivity index (χ4n) is 3.06. The fourth-order valence-corrected chi connectivity index (χ4v) is 3.06. The number of piperidine rings is 1. The number of aliphatic hydroxyl groups excluding tert-OH is 1. The number of hydrogen-bond donors (Lipinski definition) is 2. The summed E-state index contributed by atoms with van der Waals surface area (Å²) < 4.78 is 0. The molecule has 1 aromatic rings. The van der Waals surface area contributed by atoms with E-state index in [9.17, 15) is 4.79 Å². The predicted octanol–water partition coefficient (Wildman–Crippen LogP) is 1.79. The number of likely N-dealkylation sites (tertiary alicyclic amines) is 1. The highest BCUT2D eigenvalue weighted by Gasteiger charge is 2.27. The molecule has 2 atom stereocenters. The summed E-state index contributed by atoms with van der Waals surface area (Å²) in [5.74, 6) is 0.637. The number of carbonyl (C=O) groups is 1. The lowest BCUT2D eigenvalue weighted by Gasteiger charge is -2.38. The second-order valence-electron chi connectivity index (χ2n) is 5.95. The molecule has 2 unspecified atom stereocenters. The van der Waals surface area contributed by atoms with Crippen LogP contribution in [0.1, 0.15) is 31.7 Å². The van der Waals surface area contributed by atoms with Gasteiger partial charge in [0.05, 0.1) is 0 Å². The third-order valence-corrected chi connectivity index (χ3v) is 4.19. The molecule has 2 N–H and O–H groups in total. The van der Waals surface area contributed by atoms with E-state index in [1.54, 1.807) is 6.92 Å². The van der Waals surface area contributed by atoms with Crippen molar-refractivity contribution in [2.75, 3.05) is 19.7 Å². The van der Waals surface area contributed by atoms with E-state index in [4.69, 9.17) is 5.11 Å². The minimum absolute atomic E-state index is 0.148. The molecule has 0 spiro atoms. The van der Waals surface area contributed by atoms with Crippen molar-refractivity contribution in [3.8, 4) is 0 Å². The highest BCUT2D eigenvalue weighted by atomic mass is 16.2. The Balaban J connectivity index is 1.89. The molecule has 1 saturated heterocycles. The van der Waals surface area contributed by atoms with Crippen molar-refractivity contribution >= 4 is 5.91 Å². The van der Waals surface area contributed by atoms with Crippen LogP contribution in [0.3, 0.4) is 0 Å². The third kappa shape index (κ3) is 5.14. The summed E-state index contributed by atoms with van der Waals surface area (Å²) in [7, 11) is 0. The van der Waals surface area contributed by atoms with Crippen LogP contribution in [0.25, 0.3) is 0 Å². The summed E-state index contributed by atoms with van der Waals surface area (Å²) in [6, 6.07) is 10.7. The van der Waals surface area contributed by atoms with E-state index in [0.29, 0.717) is 12.0 Å². The zero-order valence-corrected chi connectivity index (χ0v) is 12.8. The lowest BCUT2D eigenvalue weighted by Crippen LogP contribution is -2.50. The fraction of sp³-hybridized carbons (Fsp3) is 0.588. The smallest absolute Gasteiger partial charge is 0.219 e. The molecule has 0 bridgehead atoms. The van der Waals surface area contributed by atoms with Gasteiger partial charge in [0.1, 0.15) is 0 Å². The van der Waals surface area contributed by atoms with E-state index in [1.165, 1.54) is 5.56 Å². The van der Waals surface area contributed by atoms with Crippen LogP contribution < -0.4 is 5.32 Å². The molecule has 0 aliphatic carbocycles. The Labute approximate surface area is 127 Å². The number of nitrogens with zero attached hydrogens (tertiary/aromatic N) is 1. The SMILES string of the molecule is CC(=O)N1CC(CCCO)CC(NCc2ccccc2)C1. The van der Waals surface area contributed by atoms with Crippen LogP contribution in [0.5, 0.6) is 0 Å². The molecular weight excluding hydrogens is 264 g/mol. The molecule has 21 heavy (non-hydrogen) atoms. The Kier molecular flexibility index (Phi) is 6.21. The van der Waals surface area contributed by atoms with Gasteiger partial charge < -0.3 is 15.3 Å². The average molecular weight is 290 g/mol. The largest absolute Gasteiger partial charge is 0.396 e. The molecule has 0 saturated carbocycles. The molecule has 1 amide bonds. The molecule has 1 aromatic carbocycles. The number of aliphatic hydroxyl groups is 1. The van der Waals surface area contributed by atoms with E-state index < -0.39 is 0 Å². The first-order valence-corrected chi connectivity index (χ1v) is 7.82. The number of hydrogen-bond acceptors (Lipinski definition) is 3. The Morgan fingerprint density at radius 2 is 2.10 bits per heavy atom. The average Bonchev–Trinajstić information content (AvgIpc) is 2.51. The van der Waals surface area contributed by atoms with Gasteiger partial charge in [-0.2, -0.15) is 0 Å². The lowest BCUT2D eigenvalue weighted by molar-refractivity contribution is -0.131. The van der Waals surface area contributed by atoms with E-state index in [-0.39, 0.29) is 12.5 Å². The highest BCUT2D eigenvalue weighted by Crippen LogP contribution is 2.21. The predicted molar refractivity (Wildman–Crippen MR) is 83.8 cm³/mol. The van der Waals surface area contributed by atoms with Gasteiger partial charge >= 0.3 is 0 Å². The minimum Gasteiger partial charge on any atom is -0.396 e. The summed E-state index contributed by atoms with van der Waals surface area (Å²) in [6.07, 6.45) is 2.89. The molecule has 116 valence electrons. The Bertz CT molecular complexity index is 436. The van der Waals surface area contributed by atoms with Gasteiger partial charge in [0.2, 0.25) is 5.91 Å². The monoisotopic (exact) mass is 290 g/mol. The molecule has 1 aliphatic rings. The van der Waals surface area contributed by atoms with Crippen molar-refractivity contribution in [2.24, 2.45) is 5.92 Å². The van der Waals surface area contributed by atoms with E-state index in [0.717, 1.165) is 38.9 Å². The molecule has 0 radical (unpaired) electrons. The van der Waals surface area contributed by atoms with Crippen molar-refractivity contribution in [2.45, 2.75) is 38.8 Å². The van der Waals surface area contributed by atoms with Gasteiger partial charge in [0.15, 0.2) is 0 Å². The maximum absolute atomic E-state index is 11.7. The van der Waals surface area contributed by atoms with Gasteiger partial charge in [-0.05, 0) is 30.7 Å². The topological polar surface area (TPSA) is 52.6 Å². The molecule has 0 aromatic heterocycles. The van der Waals surface area contributed by atoms with E-state index in [2.05, 4.69) is 17.4 Å². The third-order valence-electron chi connectivity index (χ3n) is 4.19. The molecule has 4 nitrogen and oxygen atoms in total. The standard InChI is InChI=1S/C17H26N2O2/c1-14(21)19-12-16(8-5-9-20)10-17(13-19)18-11-15-6-3-2-4-7-15/h2-4,6-7,16-18,20H,5,8-13H2,1H3. The van der Waals surface area contributed by atoms with Crippen molar-refractivity contribution in [3.05, 3.63) is 35.9 Å². The van der Waals surface area contributed by atoms with Gasteiger partial charge in [-0.25, -0.2) is 0 Å². The van der Waals surface area contributed by atoms with Crippen LogP contribution in [-0.2, 0) is 11.3 Å². The second kappa shape index (κ2) is 8.15. The Hall–Kier alpha value is -1.39.